The predicted octanol–water partition coefficient (Wildman–Crippen LogP) is 4.38. The molecule has 1 aliphatic carbocycles. The van der Waals surface area contributed by atoms with E-state index >= 15 is 0 Å². The number of ether oxygens (including phenoxy) is 1. The highest BCUT2D eigenvalue weighted by Crippen LogP contribution is 2.30. The average Bonchev–Trinajstić information content (AvgIpc) is 3.23. The Morgan fingerprint density at radius 1 is 1.15 bits per heavy atom. The van der Waals surface area contributed by atoms with Crippen LogP contribution in [0.4, 0.5) is 0 Å². The second-order valence-corrected chi connectivity index (χ2v) is 6.21. The number of halogens is 1. The summed E-state index contributed by atoms with van der Waals surface area (Å²) in [4.78, 5) is 0. The van der Waals surface area contributed by atoms with Gasteiger partial charge in [-0.1, -0.05) is 34.1 Å². The Morgan fingerprint density at radius 3 is 2.45 bits per heavy atom. The van der Waals surface area contributed by atoms with Gasteiger partial charge in [-0.05, 0) is 60.7 Å². The van der Waals surface area contributed by atoms with Crippen LogP contribution >= 0.6 is 15.9 Å². The van der Waals surface area contributed by atoms with Gasteiger partial charge >= 0.3 is 0 Å². The van der Waals surface area contributed by atoms with Crippen LogP contribution in [0.15, 0.2) is 46.9 Å². The lowest BCUT2D eigenvalue weighted by atomic mass is 9.97. The Kier molecular flexibility index (Phi) is 3.81. The molecule has 0 radical (unpaired) electrons. The highest BCUT2D eigenvalue weighted by Gasteiger charge is 2.23. The largest absolute Gasteiger partial charge is 0.490 e. The van der Waals surface area contributed by atoms with Gasteiger partial charge in [-0.25, -0.2) is 0 Å². The molecule has 0 saturated heterocycles. The molecule has 1 atom stereocenters. The van der Waals surface area contributed by atoms with Crippen LogP contribution in [0.5, 0.6) is 5.75 Å². The summed E-state index contributed by atoms with van der Waals surface area (Å²) in [5.41, 5.74) is 2.90. The molecule has 20 heavy (non-hydrogen) atoms. The highest BCUT2D eigenvalue weighted by molar-refractivity contribution is 9.10. The van der Waals surface area contributed by atoms with Crippen LogP contribution in [0, 0.1) is 6.92 Å². The van der Waals surface area contributed by atoms with Gasteiger partial charge in [0, 0.05) is 4.47 Å². The molecule has 104 valence electrons. The van der Waals surface area contributed by atoms with Gasteiger partial charge in [-0.3, -0.25) is 0 Å². The van der Waals surface area contributed by atoms with E-state index in [9.17, 15) is 5.11 Å². The molecule has 3 rings (SSSR count). The maximum Gasteiger partial charge on any atom is 0.119 e. The summed E-state index contributed by atoms with van der Waals surface area (Å²) < 4.78 is 6.74. The average molecular weight is 333 g/mol. The van der Waals surface area contributed by atoms with Crippen LogP contribution in [0.25, 0.3) is 0 Å². The zero-order chi connectivity index (χ0) is 14.1. The van der Waals surface area contributed by atoms with Gasteiger partial charge in [0.05, 0.1) is 6.10 Å². The molecule has 1 fully saturated rings. The lowest BCUT2D eigenvalue weighted by Gasteiger charge is -2.15. The standard InChI is InChI=1S/C17H17BrO2/c1-11-10-13(18)4-9-16(11)17(19)12-2-5-14(6-3-12)20-15-7-8-15/h2-6,9-10,15,17,19H,7-8H2,1H3. The first-order chi connectivity index (χ1) is 9.63. The normalized spacial score (nSPS) is 15.9. The minimum atomic E-state index is -0.599. The van der Waals surface area contributed by atoms with Gasteiger partial charge < -0.3 is 9.84 Å². The fraction of sp³-hybridized carbons (Fsp3) is 0.294. The highest BCUT2D eigenvalue weighted by atomic mass is 79.9. The van der Waals surface area contributed by atoms with Crippen molar-refractivity contribution in [1.29, 1.82) is 0 Å². The van der Waals surface area contributed by atoms with Gasteiger partial charge in [-0.15, -0.1) is 0 Å². The summed E-state index contributed by atoms with van der Waals surface area (Å²) in [5, 5.41) is 10.5. The van der Waals surface area contributed by atoms with Gasteiger partial charge in [0.15, 0.2) is 0 Å². The fourth-order valence-corrected chi connectivity index (χ4v) is 2.71. The molecule has 0 heterocycles. The number of aliphatic hydroxyl groups is 1. The van der Waals surface area contributed by atoms with Crippen LogP contribution in [0.2, 0.25) is 0 Å². The molecule has 0 aliphatic heterocycles. The lowest BCUT2D eigenvalue weighted by Crippen LogP contribution is -2.02. The van der Waals surface area contributed by atoms with Crippen LogP contribution < -0.4 is 4.74 Å². The van der Waals surface area contributed by atoms with Crippen LogP contribution in [-0.4, -0.2) is 11.2 Å². The summed E-state index contributed by atoms with van der Waals surface area (Å²) in [6.07, 6.45) is 2.11. The van der Waals surface area contributed by atoms with E-state index in [1.807, 2.05) is 49.4 Å². The predicted molar refractivity (Wildman–Crippen MR) is 83.0 cm³/mol. The van der Waals surface area contributed by atoms with E-state index < -0.39 is 6.10 Å². The van der Waals surface area contributed by atoms with Gasteiger partial charge in [0.25, 0.3) is 0 Å². The zero-order valence-corrected chi connectivity index (χ0v) is 12.9. The quantitative estimate of drug-likeness (QED) is 0.900. The molecule has 3 heteroatoms. The number of aliphatic hydroxyl groups excluding tert-OH is 1. The molecule has 1 unspecified atom stereocenters. The number of hydrogen-bond donors (Lipinski definition) is 1. The molecule has 2 aromatic rings. The van der Waals surface area contributed by atoms with Crippen LogP contribution in [0.3, 0.4) is 0 Å². The summed E-state index contributed by atoms with van der Waals surface area (Å²) in [7, 11) is 0. The second-order valence-electron chi connectivity index (χ2n) is 5.29. The van der Waals surface area contributed by atoms with Crippen molar-refractivity contribution in [1.82, 2.24) is 0 Å². The Labute approximate surface area is 127 Å². The van der Waals surface area contributed by atoms with Crippen molar-refractivity contribution in [3.8, 4) is 5.75 Å². The Morgan fingerprint density at radius 2 is 1.85 bits per heavy atom. The molecule has 2 aromatic carbocycles. The van der Waals surface area contributed by atoms with E-state index in [2.05, 4.69) is 15.9 Å². The summed E-state index contributed by atoms with van der Waals surface area (Å²) >= 11 is 3.44. The summed E-state index contributed by atoms with van der Waals surface area (Å²) in [6.45, 7) is 2.01. The Bertz CT molecular complexity index is 603. The Hall–Kier alpha value is -1.32. The first kappa shape index (κ1) is 13.7. The van der Waals surface area contributed by atoms with E-state index in [1.54, 1.807) is 0 Å². The molecular weight excluding hydrogens is 316 g/mol. The number of aryl methyl sites for hydroxylation is 1. The summed E-state index contributed by atoms with van der Waals surface area (Å²) in [5.74, 6) is 0.885. The molecule has 1 aliphatic rings. The van der Waals surface area contributed by atoms with E-state index in [1.165, 1.54) is 0 Å². The number of benzene rings is 2. The minimum Gasteiger partial charge on any atom is -0.490 e. The molecule has 0 aromatic heterocycles. The molecular formula is C17H17BrO2. The third kappa shape index (κ3) is 3.05. The van der Waals surface area contributed by atoms with E-state index in [4.69, 9.17) is 4.74 Å². The van der Waals surface area contributed by atoms with Crippen LogP contribution in [-0.2, 0) is 0 Å². The molecule has 0 bridgehead atoms. The van der Waals surface area contributed by atoms with Crippen LogP contribution in [0.1, 0.15) is 35.6 Å². The minimum absolute atomic E-state index is 0.402. The molecule has 2 nitrogen and oxygen atoms in total. The molecule has 0 amide bonds. The third-order valence-corrected chi connectivity index (χ3v) is 4.04. The van der Waals surface area contributed by atoms with Crippen molar-refractivity contribution >= 4 is 15.9 Å². The van der Waals surface area contributed by atoms with E-state index in [-0.39, 0.29) is 0 Å². The molecule has 1 saturated carbocycles. The number of hydrogen-bond acceptors (Lipinski definition) is 2. The van der Waals surface area contributed by atoms with Gasteiger partial charge in [-0.2, -0.15) is 0 Å². The first-order valence-electron chi connectivity index (χ1n) is 6.84. The van der Waals surface area contributed by atoms with Gasteiger partial charge in [0.1, 0.15) is 11.9 Å². The first-order valence-corrected chi connectivity index (χ1v) is 7.63. The van der Waals surface area contributed by atoms with Crippen molar-refractivity contribution < 1.29 is 9.84 Å². The van der Waals surface area contributed by atoms with Gasteiger partial charge in [0.2, 0.25) is 0 Å². The lowest BCUT2D eigenvalue weighted by molar-refractivity contribution is 0.219. The van der Waals surface area contributed by atoms with Crippen molar-refractivity contribution in [2.24, 2.45) is 0 Å². The molecule has 0 spiro atoms. The Balaban J connectivity index is 1.80. The topological polar surface area (TPSA) is 29.5 Å². The van der Waals surface area contributed by atoms with E-state index in [0.29, 0.717) is 6.10 Å². The second kappa shape index (κ2) is 5.58. The van der Waals surface area contributed by atoms with Crippen molar-refractivity contribution in [2.75, 3.05) is 0 Å². The van der Waals surface area contributed by atoms with E-state index in [0.717, 1.165) is 39.8 Å². The van der Waals surface area contributed by atoms with Crippen molar-refractivity contribution in [3.05, 3.63) is 63.6 Å². The van der Waals surface area contributed by atoms with Crippen molar-refractivity contribution in [2.45, 2.75) is 32.0 Å². The SMILES string of the molecule is Cc1cc(Br)ccc1C(O)c1ccc(OC2CC2)cc1. The smallest absolute Gasteiger partial charge is 0.119 e. The third-order valence-electron chi connectivity index (χ3n) is 3.55. The maximum atomic E-state index is 10.5. The zero-order valence-electron chi connectivity index (χ0n) is 11.3. The summed E-state index contributed by atoms with van der Waals surface area (Å²) in [6, 6.07) is 13.7. The maximum absolute atomic E-state index is 10.5. The molecule has 1 N–H and O–H groups in total. The van der Waals surface area contributed by atoms with Crippen molar-refractivity contribution in [3.63, 3.8) is 0 Å². The number of rotatable bonds is 4. The monoisotopic (exact) mass is 332 g/mol. The fourth-order valence-electron chi connectivity index (χ4n) is 2.23.